The van der Waals surface area contributed by atoms with E-state index in [1.165, 1.54) is 32.1 Å². The van der Waals surface area contributed by atoms with Crippen molar-refractivity contribution in [1.82, 2.24) is 9.97 Å². The Morgan fingerprint density at radius 3 is 2.67 bits per heavy atom. The van der Waals surface area contributed by atoms with Crippen LogP contribution in [-0.4, -0.2) is 16.0 Å². The second-order valence-corrected chi connectivity index (χ2v) is 6.38. The van der Waals surface area contributed by atoms with E-state index in [-0.39, 0.29) is 0 Å². The molecule has 1 saturated carbocycles. The van der Waals surface area contributed by atoms with E-state index in [4.69, 9.17) is 0 Å². The zero-order valence-electron chi connectivity index (χ0n) is 13.7. The van der Waals surface area contributed by atoms with Crippen molar-refractivity contribution in [1.29, 1.82) is 0 Å². The van der Waals surface area contributed by atoms with Crippen molar-refractivity contribution >= 4 is 16.7 Å². The third-order valence-electron chi connectivity index (χ3n) is 4.66. The van der Waals surface area contributed by atoms with Crippen molar-refractivity contribution in [3.05, 3.63) is 59.9 Å². The summed E-state index contributed by atoms with van der Waals surface area (Å²) < 4.78 is 0. The van der Waals surface area contributed by atoms with Crippen LogP contribution in [0.2, 0.25) is 0 Å². The zero-order chi connectivity index (χ0) is 16.2. The Morgan fingerprint density at radius 2 is 1.83 bits per heavy atom. The first-order valence-corrected chi connectivity index (χ1v) is 8.70. The highest BCUT2D eigenvalue weighted by Gasteiger charge is 2.16. The highest BCUT2D eigenvalue weighted by atomic mass is 14.9. The van der Waals surface area contributed by atoms with Crippen molar-refractivity contribution in [3.63, 3.8) is 0 Å². The van der Waals surface area contributed by atoms with Gasteiger partial charge >= 0.3 is 0 Å². The summed E-state index contributed by atoms with van der Waals surface area (Å²) in [6, 6.07) is 12.7. The maximum absolute atomic E-state index is 4.51. The lowest BCUT2D eigenvalue weighted by Gasteiger charge is -2.24. The Hall–Kier alpha value is -2.73. The molecule has 0 aliphatic heterocycles. The Kier molecular flexibility index (Phi) is 4.20. The molecule has 1 aromatic carbocycles. The van der Waals surface area contributed by atoms with Gasteiger partial charge in [-0.15, -0.1) is 0 Å². The molecule has 1 aliphatic carbocycles. The van der Waals surface area contributed by atoms with Gasteiger partial charge in [0.1, 0.15) is 5.65 Å². The standard InChI is InChI=1S/C21H21N3/c1-3-7-16(8-4-1)11-12-17-15-23-21-19(13-14-22-21)20(17)24-18-9-5-2-6-10-18/h1,3-4,7-8,13-15,18H,2,5-6,9-10H2,(H2,22,23,24). The van der Waals surface area contributed by atoms with E-state index in [9.17, 15) is 0 Å². The third-order valence-corrected chi connectivity index (χ3v) is 4.66. The number of nitrogens with zero attached hydrogens (tertiary/aromatic N) is 1. The van der Waals surface area contributed by atoms with E-state index in [0.29, 0.717) is 6.04 Å². The topological polar surface area (TPSA) is 40.7 Å². The van der Waals surface area contributed by atoms with Crippen molar-refractivity contribution in [2.45, 2.75) is 38.1 Å². The van der Waals surface area contributed by atoms with Crippen LogP contribution in [0.3, 0.4) is 0 Å². The molecule has 3 nitrogen and oxygen atoms in total. The molecule has 1 fully saturated rings. The predicted octanol–water partition coefficient (Wildman–Crippen LogP) is 4.71. The Bertz CT molecular complexity index is 878. The third kappa shape index (κ3) is 3.14. The van der Waals surface area contributed by atoms with Crippen molar-refractivity contribution in [3.8, 4) is 11.8 Å². The van der Waals surface area contributed by atoms with Crippen LogP contribution in [-0.2, 0) is 0 Å². The SMILES string of the molecule is C(#Cc1cnc2[nH]ccc2c1NC1CCCCC1)c1ccccc1. The fourth-order valence-corrected chi connectivity index (χ4v) is 3.37. The lowest BCUT2D eigenvalue weighted by molar-refractivity contribution is 0.463. The number of fused-ring (bicyclic) bond motifs is 1. The van der Waals surface area contributed by atoms with Gasteiger partial charge < -0.3 is 10.3 Å². The number of benzene rings is 1. The molecule has 0 atom stereocenters. The van der Waals surface area contributed by atoms with Crippen LogP contribution in [0.1, 0.15) is 43.2 Å². The molecule has 3 aromatic rings. The van der Waals surface area contributed by atoms with Gasteiger partial charge in [0.25, 0.3) is 0 Å². The van der Waals surface area contributed by atoms with Gasteiger partial charge in [0, 0.05) is 29.4 Å². The summed E-state index contributed by atoms with van der Waals surface area (Å²) in [6.45, 7) is 0. The monoisotopic (exact) mass is 315 g/mol. The van der Waals surface area contributed by atoms with Crippen LogP contribution in [0, 0.1) is 11.8 Å². The number of H-pyrrole nitrogens is 1. The summed E-state index contributed by atoms with van der Waals surface area (Å²) >= 11 is 0. The molecular weight excluding hydrogens is 294 g/mol. The lowest BCUT2D eigenvalue weighted by atomic mass is 9.95. The molecule has 2 N–H and O–H groups in total. The van der Waals surface area contributed by atoms with Crippen molar-refractivity contribution in [2.24, 2.45) is 0 Å². The van der Waals surface area contributed by atoms with Gasteiger partial charge in [-0.3, -0.25) is 0 Å². The minimum Gasteiger partial charge on any atom is -0.381 e. The largest absolute Gasteiger partial charge is 0.381 e. The molecule has 24 heavy (non-hydrogen) atoms. The lowest BCUT2D eigenvalue weighted by Crippen LogP contribution is -2.22. The number of aromatic amines is 1. The van der Waals surface area contributed by atoms with E-state index >= 15 is 0 Å². The minimum atomic E-state index is 0.538. The average molecular weight is 315 g/mol. The molecule has 4 rings (SSSR count). The van der Waals surface area contributed by atoms with E-state index in [1.807, 2.05) is 42.7 Å². The van der Waals surface area contributed by atoms with E-state index in [0.717, 1.165) is 27.8 Å². The molecule has 0 saturated heterocycles. The summed E-state index contributed by atoms with van der Waals surface area (Å²) in [4.78, 5) is 7.71. The van der Waals surface area contributed by atoms with Crippen LogP contribution >= 0.6 is 0 Å². The van der Waals surface area contributed by atoms with E-state index in [1.54, 1.807) is 0 Å². The molecule has 3 heteroatoms. The summed E-state index contributed by atoms with van der Waals surface area (Å²) in [6.07, 6.45) is 10.3. The number of rotatable bonds is 2. The Balaban J connectivity index is 1.71. The Morgan fingerprint density at radius 1 is 1.00 bits per heavy atom. The van der Waals surface area contributed by atoms with Crippen LogP contribution in [0.4, 0.5) is 5.69 Å². The van der Waals surface area contributed by atoms with Crippen molar-refractivity contribution in [2.75, 3.05) is 5.32 Å². The number of nitrogens with one attached hydrogen (secondary N) is 2. The molecule has 0 unspecified atom stereocenters. The summed E-state index contributed by atoms with van der Waals surface area (Å²) in [5.41, 5.74) is 4.03. The van der Waals surface area contributed by atoms with Gasteiger partial charge in [-0.1, -0.05) is 49.3 Å². The number of aromatic nitrogens is 2. The second kappa shape index (κ2) is 6.80. The molecule has 2 aromatic heterocycles. The molecular formula is C21H21N3. The van der Waals surface area contributed by atoms with E-state index < -0.39 is 0 Å². The second-order valence-electron chi connectivity index (χ2n) is 6.38. The van der Waals surface area contributed by atoms with Crippen molar-refractivity contribution < 1.29 is 0 Å². The first-order chi connectivity index (χ1) is 11.9. The van der Waals surface area contributed by atoms with Crippen LogP contribution in [0.25, 0.3) is 11.0 Å². The summed E-state index contributed by atoms with van der Waals surface area (Å²) in [5.74, 6) is 6.57. The van der Waals surface area contributed by atoms with Crippen LogP contribution < -0.4 is 5.32 Å². The Labute approximate surface area is 142 Å². The predicted molar refractivity (Wildman–Crippen MR) is 99.0 cm³/mol. The quantitative estimate of drug-likeness (QED) is 0.673. The highest BCUT2D eigenvalue weighted by molar-refractivity contribution is 5.92. The first-order valence-electron chi connectivity index (χ1n) is 8.70. The molecule has 0 radical (unpaired) electrons. The van der Waals surface area contributed by atoms with Gasteiger partial charge in [-0.2, -0.15) is 0 Å². The number of pyridine rings is 1. The highest BCUT2D eigenvalue weighted by Crippen LogP contribution is 2.29. The smallest absolute Gasteiger partial charge is 0.139 e. The van der Waals surface area contributed by atoms with E-state index in [2.05, 4.69) is 33.2 Å². The molecule has 1 aliphatic rings. The molecule has 120 valence electrons. The van der Waals surface area contributed by atoms with Crippen LogP contribution in [0.15, 0.2) is 48.8 Å². The van der Waals surface area contributed by atoms with Gasteiger partial charge in [0.2, 0.25) is 0 Å². The fourth-order valence-electron chi connectivity index (χ4n) is 3.37. The zero-order valence-corrected chi connectivity index (χ0v) is 13.7. The van der Waals surface area contributed by atoms with Gasteiger partial charge in [-0.25, -0.2) is 4.98 Å². The number of anilines is 1. The van der Waals surface area contributed by atoms with Gasteiger partial charge in [0.05, 0.1) is 11.3 Å². The molecule has 0 bridgehead atoms. The fraction of sp³-hybridized carbons (Fsp3) is 0.286. The summed E-state index contributed by atoms with van der Waals surface area (Å²) in [7, 11) is 0. The minimum absolute atomic E-state index is 0.538. The maximum Gasteiger partial charge on any atom is 0.139 e. The first kappa shape index (κ1) is 14.8. The number of hydrogen-bond acceptors (Lipinski definition) is 2. The van der Waals surface area contributed by atoms with Gasteiger partial charge in [0.15, 0.2) is 0 Å². The number of hydrogen-bond donors (Lipinski definition) is 2. The summed E-state index contributed by atoms with van der Waals surface area (Å²) in [5, 5.41) is 4.88. The molecule has 0 spiro atoms. The van der Waals surface area contributed by atoms with Gasteiger partial charge in [-0.05, 0) is 31.0 Å². The van der Waals surface area contributed by atoms with Crippen LogP contribution in [0.5, 0.6) is 0 Å². The molecule has 2 heterocycles. The maximum atomic E-state index is 4.51. The average Bonchev–Trinajstić information content (AvgIpc) is 3.12. The normalized spacial score (nSPS) is 15.0. The molecule has 0 amide bonds.